The van der Waals surface area contributed by atoms with Gasteiger partial charge in [0.15, 0.2) is 0 Å². The Balaban J connectivity index is 1.68. The van der Waals surface area contributed by atoms with Crippen molar-refractivity contribution in [3.8, 4) is 0 Å². The van der Waals surface area contributed by atoms with Gasteiger partial charge >= 0.3 is 0 Å². The minimum absolute atomic E-state index is 0.0244. The van der Waals surface area contributed by atoms with Crippen molar-refractivity contribution in [2.45, 2.75) is 68.7 Å². The molecule has 3 aliphatic rings. The Morgan fingerprint density at radius 3 is 2.08 bits per heavy atom. The highest BCUT2D eigenvalue weighted by Crippen LogP contribution is 2.72. The van der Waals surface area contributed by atoms with Gasteiger partial charge in [0.2, 0.25) is 11.8 Å². The topological polar surface area (TPSA) is 72.2 Å². The van der Waals surface area contributed by atoms with Gasteiger partial charge in [-0.2, -0.15) is 0 Å². The molecule has 0 radical (unpaired) electrons. The number of rotatable bonds is 4. The molecule has 24 heavy (non-hydrogen) atoms. The van der Waals surface area contributed by atoms with Crippen LogP contribution < -0.4 is 11.1 Å². The number of benzene rings is 1. The fraction of sp³-hybridized carbons (Fsp3) is 0.600. The predicted octanol–water partition coefficient (Wildman–Crippen LogP) is 2.80. The normalized spacial score (nSPS) is 29.5. The van der Waals surface area contributed by atoms with Gasteiger partial charge in [0, 0.05) is 0 Å². The second-order valence-electron chi connectivity index (χ2n) is 8.04. The van der Waals surface area contributed by atoms with Crippen molar-refractivity contribution in [3.05, 3.63) is 35.9 Å². The first-order chi connectivity index (χ1) is 11.5. The van der Waals surface area contributed by atoms with E-state index in [2.05, 4.69) is 17.4 Å². The standard InChI is InChI=1S/C20H26N2O2/c21-16(23)19(12-6-7-13-19)22-17(24)20(15-8-2-1-3-9-15)14-18(20)10-4-5-11-18/h1-3,8-9H,4-7,10-14H2,(H2,21,23)(H,22,24)/t20-/m0/s1. The monoisotopic (exact) mass is 326 g/mol. The Labute approximate surface area is 143 Å². The van der Waals surface area contributed by atoms with Crippen LogP contribution in [0.2, 0.25) is 0 Å². The third kappa shape index (κ3) is 2.04. The summed E-state index contributed by atoms with van der Waals surface area (Å²) in [5, 5.41) is 3.13. The van der Waals surface area contributed by atoms with Gasteiger partial charge in [-0.25, -0.2) is 0 Å². The molecule has 2 amide bonds. The van der Waals surface area contributed by atoms with Gasteiger partial charge in [-0.1, -0.05) is 56.0 Å². The fourth-order valence-corrected chi connectivity index (χ4v) is 5.44. The van der Waals surface area contributed by atoms with E-state index in [1.54, 1.807) is 0 Å². The van der Waals surface area contributed by atoms with Gasteiger partial charge in [-0.15, -0.1) is 0 Å². The number of carbonyl (C=O) groups is 2. The zero-order chi connectivity index (χ0) is 16.8. The second kappa shape index (κ2) is 5.33. The van der Waals surface area contributed by atoms with E-state index in [0.717, 1.165) is 37.7 Å². The second-order valence-corrected chi connectivity index (χ2v) is 8.04. The number of nitrogens with two attached hydrogens (primary N) is 1. The van der Waals surface area contributed by atoms with Crippen molar-refractivity contribution >= 4 is 11.8 Å². The lowest BCUT2D eigenvalue weighted by Crippen LogP contribution is -2.58. The molecule has 4 nitrogen and oxygen atoms in total. The van der Waals surface area contributed by atoms with Gasteiger partial charge in [0.05, 0.1) is 5.41 Å². The third-order valence-electron chi connectivity index (χ3n) is 6.88. The molecule has 0 heterocycles. The zero-order valence-electron chi connectivity index (χ0n) is 14.1. The Hall–Kier alpha value is -1.84. The summed E-state index contributed by atoms with van der Waals surface area (Å²) in [5.41, 5.74) is 5.57. The first kappa shape index (κ1) is 15.7. The van der Waals surface area contributed by atoms with E-state index in [4.69, 9.17) is 5.73 Å². The van der Waals surface area contributed by atoms with Crippen LogP contribution in [0.5, 0.6) is 0 Å². The molecule has 1 atom stereocenters. The van der Waals surface area contributed by atoms with Crippen LogP contribution in [0.4, 0.5) is 0 Å². The molecular weight excluding hydrogens is 300 g/mol. The molecule has 1 aromatic carbocycles. The average Bonchev–Trinajstić information content (AvgIpc) is 2.92. The molecule has 128 valence electrons. The van der Waals surface area contributed by atoms with Crippen molar-refractivity contribution in [3.63, 3.8) is 0 Å². The highest BCUT2D eigenvalue weighted by atomic mass is 16.2. The summed E-state index contributed by atoms with van der Waals surface area (Å²) in [6.45, 7) is 0. The molecule has 0 aromatic heterocycles. The van der Waals surface area contributed by atoms with Gasteiger partial charge < -0.3 is 11.1 Å². The van der Waals surface area contributed by atoms with Crippen molar-refractivity contribution < 1.29 is 9.59 Å². The van der Waals surface area contributed by atoms with Crippen LogP contribution in [0.15, 0.2) is 30.3 Å². The highest BCUT2D eigenvalue weighted by Gasteiger charge is 2.72. The van der Waals surface area contributed by atoms with Gasteiger partial charge in [-0.3, -0.25) is 9.59 Å². The van der Waals surface area contributed by atoms with Crippen LogP contribution >= 0.6 is 0 Å². The lowest BCUT2D eigenvalue weighted by Gasteiger charge is -2.31. The molecule has 0 saturated heterocycles. The molecule has 4 rings (SSSR count). The van der Waals surface area contributed by atoms with Gasteiger partial charge in [0.25, 0.3) is 0 Å². The maximum Gasteiger partial charge on any atom is 0.243 e. The van der Waals surface area contributed by atoms with Crippen molar-refractivity contribution in [2.75, 3.05) is 0 Å². The highest BCUT2D eigenvalue weighted by molar-refractivity contribution is 5.98. The molecule has 4 heteroatoms. The van der Waals surface area contributed by atoms with Crippen LogP contribution in [-0.4, -0.2) is 17.4 Å². The summed E-state index contributed by atoms with van der Waals surface area (Å²) in [7, 11) is 0. The van der Waals surface area contributed by atoms with E-state index in [9.17, 15) is 9.59 Å². The lowest BCUT2D eigenvalue weighted by molar-refractivity contribution is -0.133. The molecular formula is C20H26N2O2. The number of primary amides is 1. The van der Waals surface area contributed by atoms with Crippen molar-refractivity contribution in [1.29, 1.82) is 0 Å². The molecule has 3 aliphatic carbocycles. The van der Waals surface area contributed by atoms with Gasteiger partial charge in [0.1, 0.15) is 5.54 Å². The Bertz CT molecular complexity index is 657. The zero-order valence-corrected chi connectivity index (χ0v) is 14.1. The minimum atomic E-state index is -0.832. The minimum Gasteiger partial charge on any atom is -0.368 e. The molecule has 0 aliphatic heterocycles. The maximum absolute atomic E-state index is 13.4. The third-order valence-corrected chi connectivity index (χ3v) is 6.88. The van der Waals surface area contributed by atoms with Crippen molar-refractivity contribution in [2.24, 2.45) is 11.1 Å². The van der Waals surface area contributed by atoms with Gasteiger partial charge in [-0.05, 0) is 43.1 Å². The molecule has 3 fully saturated rings. The number of hydrogen-bond donors (Lipinski definition) is 2. The Kier molecular flexibility index (Phi) is 3.48. The van der Waals surface area contributed by atoms with E-state index in [-0.39, 0.29) is 17.2 Å². The summed E-state index contributed by atoms with van der Waals surface area (Å²) in [4.78, 5) is 25.5. The van der Waals surface area contributed by atoms with Crippen LogP contribution in [-0.2, 0) is 15.0 Å². The number of hydrogen-bond acceptors (Lipinski definition) is 2. The maximum atomic E-state index is 13.4. The quantitative estimate of drug-likeness (QED) is 0.893. The molecule has 1 spiro atoms. The first-order valence-corrected chi connectivity index (χ1v) is 9.23. The van der Waals surface area contributed by atoms with Crippen molar-refractivity contribution in [1.82, 2.24) is 5.32 Å². The number of nitrogens with one attached hydrogen (secondary N) is 1. The van der Waals surface area contributed by atoms with E-state index in [1.807, 2.05) is 18.2 Å². The van der Waals surface area contributed by atoms with E-state index >= 15 is 0 Å². The summed E-state index contributed by atoms with van der Waals surface area (Å²) in [5.74, 6) is -0.353. The number of carbonyl (C=O) groups excluding carboxylic acids is 2. The average molecular weight is 326 g/mol. The van der Waals surface area contributed by atoms with E-state index < -0.39 is 11.0 Å². The van der Waals surface area contributed by atoms with E-state index in [1.165, 1.54) is 12.8 Å². The summed E-state index contributed by atoms with van der Waals surface area (Å²) in [6, 6.07) is 10.1. The SMILES string of the molecule is NC(=O)C1(NC(=O)[C@@]2(c3ccccc3)CC23CCCC3)CCCC1. The van der Waals surface area contributed by atoms with Crippen LogP contribution in [0.25, 0.3) is 0 Å². The summed E-state index contributed by atoms with van der Waals surface area (Å²) >= 11 is 0. The van der Waals surface area contributed by atoms with E-state index in [0.29, 0.717) is 12.8 Å². The first-order valence-electron chi connectivity index (χ1n) is 9.23. The van der Waals surface area contributed by atoms with Crippen LogP contribution in [0.3, 0.4) is 0 Å². The Morgan fingerprint density at radius 2 is 1.50 bits per heavy atom. The smallest absolute Gasteiger partial charge is 0.243 e. The fourth-order valence-electron chi connectivity index (χ4n) is 5.44. The Morgan fingerprint density at radius 1 is 0.917 bits per heavy atom. The number of amides is 2. The summed E-state index contributed by atoms with van der Waals surface area (Å²) in [6.07, 6.45) is 8.77. The largest absolute Gasteiger partial charge is 0.368 e. The summed E-state index contributed by atoms with van der Waals surface area (Å²) < 4.78 is 0. The molecule has 0 unspecified atom stereocenters. The molecule has 3 N–H and O–H groups in total. The molecule has 3 saturated carbocycles. The van der Waals surface area contributed by atoms with Crippen LogP contribution in [0, 0.1) is 5.41 Å². The van der Waals surface area contributed by atoms with Crippen LogP contribution in [0.1, 0.15) is 63.4 Å². The lowest BCUT2D eigenvalue weighted by atomic mass is 9.82. The molecule has 0 bridgehead atoms. The molecule has 1 aromatic rings. The predicted molar refractivity (Wildman–Crippen MR) is 92.2 cm³/mol.